The van der Waals surface area contributed by atoms with E-state index in [1.165, 1.54) is 0 Å². The Labute approximate surface area is 116 Å². The monoisotopic (exact) mass is 216 g/mol. The average Bonchev–Trinajstić information content (AvgIpc) is 1.63. The van der Waals surface area contributed by atoms with Crippen LogP contribution in [0.25, 0.3) is 0 Å². The van der Waals surface area contributed by atoms with Crippen LogP contribution in [0.5, 0.6) is 0 Å². The van der Waals surface area contributed by atoms with Crippen molar-refractivity contribution < 1.29 is 83.5 Å². The molecule has 0 rings (SSSR count). The predicted octanol–water partition coefficient (Wildman–Crippen LogP) is -7.41. The van der Waals surface area contributed by atoms with Crippen LogP contribution >= 0.6 is 7.82 Å². The molecule has 0 radical (unpaired) electrons. The Kier molecular flexibility index (Phi) is 30.7. The molecule has 0 atom stereocenters. The number of hydrogen-bond acceptors (Lipinski definition) is 4. The normalized spacial score (nSPS) is 8.42. The molecule has 2 N–H and O–H groups in total. The maximum atomic E-state index is 8.66. The molecule has 0 amide bonds. The van der Waals surface area contributed by atoms with Crippen LogP contribution in [0.2, 0.25) is 0 Å². The molecule has 0 saturated heterocycles. The van der Waals surface area contributed by atoms with Crippen LogP contribution in [-0.4, -0.2) is 16.6 Å². The number of hydrogen-bond donors (Lipinski definition) is 2. The van der Waals surface area contributed by atoms with Gasteiger partial charge in [0.15, 0.2) is 0 Å². The standard InChI is InChI=1S/C4H10O.2Na.H3O4P/c1-2-3-4-5;;;1-5(2,3)4/h5H,2-4H2,1H3;;;(H3,1,2,3,4)/q;2*+1;/p-2. The number of unbranched alkanes of at least 4 members (excludes halogenated alkanes) is 1. The van der Waals surface area contributed by atoms with Gasteiger partial charge < -0.3 is 24.4 Å². The summed E-state index contributed by atoms with van der Waals surface area (Å²) in [5.74, 6) is 0. The summed E-state index contributed by atoms with van der Waals surface area (Å²) in [6, 6.07) is 0. The van der Waals surface area contributed by atoms with Crippen molar-refractivity contribution in [2.45, 2.75) is 19.8 Å². The Morgan fingerprint density at radius 2 is 1.58 bits per heavy atom. The Bertz CT molecular complexity index is 95.4. The molecule has 0 aromatic carbocycles. The van der Waals surface area contributed by atoms with Crippen molar-refractivity contribution in [1.82, 2.24) is 0 Å². The summed E-state index contributed by atoms with van der Waals surface area (Å²) in [4.78, 5) is 24.3. The average molecular weight is 216 g/mol. The van der Waals surface area contributed by atoms with Gasteiger partial charge in [-0.25, -0.2) is 0 Å². The topological polar surface area (TPSA) is 104 Å². The largest absolute Gasteiger partial charge is 1.00 e. The Morgan fingerprint density at radius 1 is 1.33 bits per heavy atom. The number of aliphatic hydroxyl groups is 1. The SMILES string of the molecule is CCCCO.O=P([O-])([O-])O.[Na+].[Na+]. The third kappa shape index (κ3) is 89.3. The van der Waals surface area contributed by atoms with Crippen molar-refractivity contribution in [3.8, 4) is 0 Å². The van der Waals surface area contributed by atoms with E-state index in [0.29, 0.717) is 6.61 Å². The molecule has 0 aliphatic carbocycles. The van der Waals surface area contributed by atoms with E-state index >= 15 is 0 Å². The van der Waals surface area contributed by atoms with Crippen LogP contribution in [0, 0.1) is 0 Å². The molecule has 0 saturated carbocycles. The molecule has 0 fully saturated rings. The fourth-order valence-electron chi connectivity index (χ4n) is 0.158. The maximum absolute atomic E-state index is 8.66. The van der Waals surface area contributed by atoms with E-state index in [1.54, 1.807) is 0 Å². The zero-order valence-corrected chi connectivity index (χ0v) is 12.6. The predicted molar refractivity (Wildman–Crippen MR) is 31.8 cm³/mol. The van der Waals surface area contributed by atoms with Crippen molar-refractivity contribution >= 4 is 7.82 Å². The number of phosphoric acid groups is 1. The van der Waals surface area contributed by atoms with Crippen molar-refractivity contribution in [3.05, 3.63) is 0 Å². The third-order valence-corrected chi connectivity index (χ3v) is 0.512. The van der Waals surface area contributed by atoms with E-state index in [1.807, 2.05) is 0 Å². The van der Waals surface area contributed by atoms with E-state index < -0.39 is 7.82 Å². The molecule has 5 nitrogen and oxygen atoms in total. The second-order valence-corrected chi connectivity index (χ2v) is 2.48. The maximum Gasteiger partial charge on any atom is 1.00 e. The van der Waals surface area contributed by atoms with Gasteiger partial charge in [-0.3, -0.25) is 0 Å². The molecule has 0 aromatic heterocycles. The molecule has 0 aliphatic heterocycles. The molecular formula is C4H11Na2O5P. The molecule has 8 heteroatoms. The van der Waals surface area contributed by atoms with Crippen LogP contribution in [-0.2, 0) is 4.57 Å². The molecule has 0 spiro atoms. The van der Waals surface area contributed by atoms with E-state index in [-0.39, 0.29) is 59.1 Å². The molecule has 12 heavy (non-hydrogen) atoms. The van der Waals surface area contributed by atoms with Crippen molar-refractivity contribution in [1.29, 1.82) is 0 Å². The van der Waals surface area contributed by atoms with Gasteiger partial charge in [0.25, 0.3) is 0 Å². The molecule has 0 bridgehead atoms. The number of rotatable bonds is 2. The summed E-state index contributed by atoms with van der Waals surface area (Å²) < 4.78 is 8.66. The van der Waals surface area contributed by atoms with Gasteiger partial charge in [-0.1, -0.05) is 13.3 Å². The van der Waals surface area contributed by atoms with Gasteiger partial charge in [0, 0.05) is 6.61 Å². The van der Waals surface area contributed by atoms with Crippen LogP contribution in [0.15, 0.2) is 0 Å². The Morgan fingerprint density at radius 3 is 1.58 bits per heavy atom. The first-order valence-corrected chi connectivity index (χ1v) is 4.27. The first-order valence-electron chi connectivity index (χ1n) is 2.77. The van der Waals surface area contributed by atoms with Gasteiger partial charge in [0.2, 0.25) is 0 Å². The minimum absolute atomic E-state index is 0. The van der Waals surface area contributed by atoms with Crippen LogP contribution in [0.4, 0.5) is 0 Å². The molecule has 0 aliphatic rings. The van der Waals surface area contributed by atoms with Crippen LogP contribution in [0.3, 0.4) is 0 Å². The second-order valence-electron chi connectivity index (χ2n) is 1.55. The van der Waals surface area contributed by atoms with Gasteiger partial charge in [0.1, 0.15) is 0 Å². The minimum Gasteiger partial charge on any atom is -0.790 e. The minimum atomic E-state index is -5.14. The van der Waals surface area contributed by atoms with Crippen LogP contribution < -0.4 is 68.9 Å². The molecule has 0 heterocycles. The van der Waals surface area contributed by atoms with E-state index in [0.717, 1.165) is 12.8 Å². The van der Waals surface area contributed by atoms with Gasteiger partial charge in [-0.15, -0.1) is 0 Å². The van der Waals surface area contributed by atoms with E-state index in [2.05, 4.69) is 6.92 Å². The summed E-state index contributed by atoms with van der Waals surface area (Å²) in [6.07, 6.45) is 2.04. The summed E-state index contributed by atoms with van der Waals surface area (Å²) in [5.41, 5.74) is 0. The summed E-state index contributed by atoms with van der Waals surface area (Å²) in [5, 5.41) is 8.07. The molecular weight excluding hydrogens is 205 g/mol. The smallest absolute Gasteiger partial charge is 0.790 e. The quantitative estimate of drug-likeness (QED) is 0.352. The third-order valence-electron chi connectivity index (χ3n) is 0.512. The summed E-state index contributed by atoms with van der Waals surface area (Å²) in [6.45, 7) is 2.40. The second kappa shape index (κ2) is 15.5. The van der Waals surface area contributed by atoms with E-state index in [4.69, 9.17) is 24.4 Å². The van der Waals surface area contributed by atoms with Gasteiger partial charge >= 0.3 is 59.1 Å². The van der Waals surface area contributed by atoms with Gasteiger partial charge in [-0.05, 0) is 6.42 Å². The fraction of sp³-hybridized carbons (Fsp3) is 1.00. The first kappa shape index (κ1) is 23.7. The molecule has 64 valence electrons. The summed E-state index contributed by atoms with van der Waals surface area (Å²) in [7, 11) is -5.14. The van der Waals surface area contributed by atoms with Gasteiger partial charge in [-0.2, -0.15) is 0 Å². The zero-order chi connectivity index (χ0) is 8.62. The number of aliphatic hydroxyl groups excluding tert-OH is 1. The Balaban J connectivity index is -0.0000000457. The zero-order valence-electron chi connectivity index (χ0n) is 7.69. The Hall–Kier alpha value is 2.07. The fourth-order valence-corrected chi connectivity index (χ4v) is 0.158. The van der Waals surface area contributed by atoms with Gasteiger partial charge in [0.05, 0.1) is 7.82 Å². The van der Waals surface area contributed by atoms with Crippen LogP contribution in [0.1, 0.15) is 19.8 Å². The molecule has 0 unspecified atom stereocenters. The first-order chi connectivity index (χ1) is 4.41. The van der Waals surface area contributed by atoms with Crippen molar-refractivity contribution in [2.75, 3.05) is 6.61 Å². The van der Waals surface area contributed by atoms with E-state index in [9.17, 15) is 0 Å². The van der Waals surface area contributed by atoms with Crippen molar-refractivity contribution in [3.63, 3.8) is 0 Å². The van der Waals surface area contributed by atoms with Crippen molar-refractivity contribution in [2.24, 2.45) is 0 Å². The summed E-state index contributed by atoms with van der Waals surface area (Å²) >= 11 is 0. The molecule has 0 aromatic rings.